The Kier molecular flexibility index (Phi) is 33.9. The Balaban J connectivity index is -0.000000882. The molecule has 0 saturated heterocycles. The van der Waals surface area contributed by atoms with Crippen molar-refractivity contribution in [3.05, 3.63) is 12.7 Å². The summed E-state index contributed by atoms with van der Waals surface area (Å²) in [5, 5.41) is 0. The summed E-state index contributed by atoms with van der Waals surface area (Å²) in [5.74, 6) is 0. The third-order valence-corrected chi connectivity index (χ3v) is 3.43. The number of ether oxygens (including phenoxy) is 5. The van der Waals surface area contributed by atoms with Crippen molar-refractivity contribution in [1.82, 2.24) is 0 Å². The quantitative estimate of drug-likeness (QED) is 0.187. The maximum Gasteiger partial charge on any atom is 0.0704 e. The zero-order chi connectivity index (χ0) is 17.9. The summed E-state index contributed by atoms with van der Waals surface area (Å²) in [4.78, 5) is 0. The van der Waals surface area contributed by atoms with Gasteiger partial charge in [-0.2, -0.15) is 0 Å². The van der Waals surface area contributed by atoms with Crippen molar-refractivity contribution < 1.29 is 23.7 Å². The molecule has 0 aromatic carbocycles. The fourth-order valence-corrected chi connectivity index (χ4v) is 1.66. The monoisotopic (exact) mass is 457 g/mol. The first-order valence-corrected chi connectivity index (χ1v) is 8.34. The maximum absolute atomic E-state index is 5.68. The van der Waals surface area contributed by atoms with Crippen LogP contribution in [-0.2, 0) is 23.7 Å². The van der Waals surface area contributed by atoms with Gasteiger partial charge in [0.15, 0.2) is 0 Å². The number of hydrogen-bond donors (Lipinski definition) is 3. The summed E-state index contributed by atoms with van der Waals surface area (Å²) in [6, 6.07) is 0. The largest absolute Gasteiger partial charge is 0.378 e. The van der Waals surface area contributed by atoms with E-state index in [1.807, 2.05) is 0 Å². The second-order valence-electron chi connectivity index (χ2n) is 5.37. The smallest absolute Gasteiger partial charge is 0.0704 e. The average molecular weight is 459 g/mol. The van der Waals surface area contributed by atoms with Gasteiger partial charge in [0.25, 0.3) is 0 Å². The molecule has 11 heteroatoms. The number of nitrogens with two attached hydrogens (primary N) is 3. The highest BCUT2D eigenvalue weighted by Gasteiger charge is 2.25. The van der Waals surface area contributed by atoms with Gasteiger partial charge in [-0.05, 0) is 0 Å². The van der Waals surface area contributed by atoms with Gasteiger partial charge in [-0.25, -0.2) is 0 Å². The Morgan fingerprint density at radius 3 is 1.26 bits per heavy atom. The lowest BCUT2D eigenvalue weighted by Crippen LogP contribution is -2.47. The maximum atomic E-state index is 5.68. The number of rotatable bonds is 19. The van der Waals surface area contributed by atoms with Crippen LogP contribution in [0, 0.1) is 5.41 Å². The van der Waals surface area contributed by atoms with Crippen LogP contribution in [0.5, 0.6) is 0 Å². The zero-order valence-electron chi connectivity index (χ0n) is 16.0. The molecule has 0 unspecified atom stereocenters. The van der Waals surface area contributed by atoms with Gasteiger partial charge in [-0.15, -0.1) is 43.8 Å². The van der Waals surface area contributed by atoms with Crippen LogP contribution in [0.25, 0.3) is 0 Å². The van der Waals surface area contributed by atoms with Crippen LogP contribution in [0.2, 0.25) is 0 Å². The summed E-state index contributed by atoms with van der Waals surface area (Å²) in [5.41, 5.74) is 16.7. The molecule has 0 fully saturated rings. The van der Waals surface area contributed by atoms with E-state index in [1.54, 1.807) is 6.08 Å². The Morgan fingerprint density at radius 2 is 0.926 bits per heavy atom. The SMILES string of the molecule is C=CCOCCOCCOCCOCCOCC(CN)(CN)CN.Cl.Cl.Cl. The lowest BCUT2D eigenvalue weighted by molar-refractivity contribution is -0.0180. The fraction of sp³-hybridized carbons (Fsp3) is 0.875. The van der Waals surface area contributed by atoms with Crippen molar-refractivity contribution in [2.75, 3.05) is 85.7 Å². The van der Waals surface area contributed by atoms with E-state index in [2.05, 4.69) is 6.58 Å². The van der Waals surface area contributed by atoms with Crippen LogP contribution in [0.4, 0.5) is 0 Å². The number of halogens is 3. The standard InChI is InChI=1S/C16H35N3O5.3ClH/c1-2-3-20-4-5-21-6-7-22-8-9-23-10-11-24-15-16(12-17,13-18)14-19;;;/h2H,1,3-15,17-19H2;3*1H. The molecule has 0 aromatic heterocycles. The van der Waals surface area contributed by atoms with E-state index in [9.17, 15) is 0 Å². The van der Waals surface area contributed by atoms with Gasteiger partial charge < -0.3 is 40.9 Å². The molecule has 0 aromatic rings. The highest BCUT2D eigenvalue weighted by Crippen LogP contribution is 2.11. The second kappa shape index (κ2) is 26.3. The average Bonchev–Trinajstić information content (AvgIpc) is 2.62. The third kappa shape index (κ3) is 20.8. The van der Waals surface area contributed by atoms with Crippen molar-refractivity contribution >= 4 is 37.2 Å². The highest BCUT2D eigenvalue weighted by molar-refractivity contribution is 5.86. The summed E-state index contributed by atoms with van der Waals surface area (Å²) in [6.45, 7) is 10.0. The van der Waals surface area contributed by atoms with Crippen LogP contribution >= 0.6 is 37.2 Å². The minimum atomic E-state index is -0.333. The molecule has 0 rings (SSSR count). The van der Waals surface area contributed by atoms with Gasteiger partial charge in [0, 0.05) is 25.0 Å². The molecule has 6 N–H and O–H groups in total. The highest BCUT2D eigenvalue weighted by atomic mass is 35.5. The van der Waals surface area contributed by atoms with Crippen LogP contribution in [0.3, 0.4) is 0 Å². The van der Waals surface area contributed by atoms with Crippen LogP contribution < -0.4 is 17.2 Å². The zero-order valence-corrected chi connectivity index (χ0v) is 18.4. The van der Waals surface area contributed by atoms with Crippen LogP contribution in [0.1, 0.15) is 0 Å². The summed E-state index contributed by atoms with van der Waals surface area (Å²) >= 11 is 0. The molecule has 0 saturated carbocycles. The normalized spacial score (nSPS) is 10.5. The Labute approximate surface area is 182 Å². The molecule has 0 aliphatic heterocycles. The van der Waals surface area contributed by atoms with Crippen LogP contribution in [-0.4, -0.2) is 85.7 Å². The van der Waals surface area contributed by atoms with Crippen molar-refractivity contribution in [2.45, 2.75) is 0 Å². The fourth-order valence-electron chi connectivity index (χ4n) is 1.66. The molecule has 0 atom stereocenters. The lowest BCUT2D eigenvalue weighted by atomic mass is 9.89. The van der Waals surface area contributed by atoms with Crippen molar-refractivity contribution in [1.29, 1.82) is 0 Å². The van der Waals surface area contributed by atoms with E-state index in [0.29, 0.717) is 85.7 Å². The van der Waals surface area contributed by atoms with Crippen molar-refractivity contribution in [3.8, 4) is 0 Å². The summed E-state index contributed by atoms with van der Waals surface area (Å²) < 4.78 is 26.8. The molecule has 0 spiro atoms. The van der Waals surface area contributed by atoms with Crippen molar-refractivity contribution in [3.63, 3.8) is 0 Å². The van der Waals surface area contributed by atoms with Gasteiger partial charge in [0.05, 0.1) is 66.1 Å². The van der Waals surface area contributed by atoms with E-state index in [4.69, 9.17) is 40.9 Å². The lowest BCUT2D eigenvalue weighted by Gasteiger charge is -2.28. The molecule has 8 nitrogen and oxygen atoms in total. The minimum absolute atomic E-state index is 0. The molecule has 0 radical (unpaired) electrons. The van der Waals surface area contributed by atoms with Crippen molar-refractivity contribution in [2.24, 2.45) is 22.6 Å². The summed E-state index contributed by atoms with van der Waals surface area (Å²) in [7, 11) is 0. The Hall–Kier alpha value is 0.290. The number of hydrogen-bond acceptors (Lipinski definition) is 8. The van der Waals surface area contributed by atoms with E-state index >= 15 is 0 Å². The van der Waals surface area contributed by atoms with E-state index < -0.39 is 0 Å². The molecule has 27 heavy (non-hydrogen) atoms. The van der Waals surface area contributed by atoms with E-state index in [1.165, 1.54) is 0 Å². The van der Waals surface area contributed by atoms with Gasteiger partial charge in [0.1, 0.15) is 0 Å². The summed E-state index contributed by atoms with van der Waals surface area (Å²) in [6.07, 6.45) is 1.71. The van der Waals surface area contributed by atoms with Gasteiger partial charge in [-0.1, -0.05) is 6.08 Å². The molecule has 0 amide bonds. The predicted octanol–water partition coefficient (Wildman–Crippen LogP) is 0.383. The molecular weight excluding hydrogens is 421 g/mol. The second-order valence-corrected chi connectivity index (χ2v) is 5.37. The topological polar surface area (TPSA) is 124 Å². The molecule has 0 heterocycles. The Morgan fingerprint density at radius 1 is 0.593 bits per heavy atom. The third-order valence-electron chi connectivity index (χ3n) is 3.43. The van der Waals surface area contributed by atoms with E-state index in [0.717, 1.165) is 0 Å². The first kappa shape index (κ1) is 34.8. The van der Waals surface area contributed by atoms with Gasteiger partial charge >= 0.3 is 0 Å². The van der Waals surface area contributed by atoms with Gasteiger partial charge in [-0.3, -0.25) is 0 Å². The first-order chi connectivity index (χ1) is 11.7. The minimum Gasteiger partial charge on any atom is -0.378 e. The molecule has 0 bridgehead atoms. The molecule has 0 aliphatic rings. The first-order valence-electron chi connectivity index (χ1n) is 8.34. The molecular formula is C16H38Cl3N3O5. The molecule has 0 aliphatic carbocycles. The Bertz CT molecular complexity index is 284. The van der Waals surface area contributed by atoms with Crippen LogP contribution in [0.15, 0.2) is 12.7 Å². The molecule has 168 valence electrons. The van der Waals surface area contributed by atoms with E-state index in [-0.39, 0.29) is 42.6 Å². The van der Waals surface area contributed by atoms with Gasteiger partial charge in [0.2, 0.25) is 0 Å². The predicted molar refractivity (Wildman–Crippen MR) is 116 cm³/mol.